The largest absolute Gasteiger partial charge is 0.507 e. The number of halogens is 1. The molecule has 3 rings (SSSR count). The number of ether oxygens (including phenoxy) is 1. The Morgan fingerprint density at radius 1 is 1.17 bits per heavy atom. The summed E-state index contributed by atoms with van der Waals surface area (Å²) in [7, 11) is 1.50. The first kappa shape index (κ1) is 20.1. The summed E-state index contributed by atoms with van der Waals surface area (Å²) in [4.78, 5) is 12.6. The van der Waals surface area contributed by atoms with Gasteiger partial charge in [0.1, 0.15) is 23.1 Å². The molecule has 3 aromatic carbocycles. The monoisotopic (exact) mass is 407 g/mol. The molecule has 0 unspecified atom stereocenters. The van der Waals surface area contributed by atoms with Crippen molar-refractivity contribution in [2.75, 3.05) is 17.7 Å². The minimum atomic E-state index is -0.583. The van der Waals surface area contributed by atoms with Crippen molar-refractivity contribution >= 4 is 39.7 Å². The number of hydrogen-bond acceptors (Lipinski definition) is 5. The summed E-state index contributed by atoms with van der Waals surface area (Å²) in [6.45, 7) is 1.84. The maximum absolute atomic E-state index is 12.6. The third-order valence-corrected chi connectivity index (χ3v) is 4.77. The summed E-state index contributed by atoms with van der Waals surface area (Å²) >= 11 is 6.10. The average molecular weight is 408 g/mol. The van der Waals surface area contributed by atoms with Crippen LogP contribution in [0.2, 0.25) is 5.02 Å². The number of nitrogens with one attached hydrogen (secondary N) is 2. The third-order valence-electron chi connectivity index (χ3n) is 4.37. The van der Waals surface area contributed by atoms with Crippen LogP contribution in [0.25, 0.3) is 10.8 Å². The molecule has 0 aliphatic carbocycles. The summed E-state index contributed by atoms with van der Waals surface area (Å²) in [5.74, 6) is 0.0149. The van der Waals surface area contributed by atoms with Gasteiger partial charge in [-0.1, -0.05) is 35.9 Å². The van der Waals surface area contributed by atoms with Crippen LogP contribution in [0.4, 0.5) is 11.4 Å². The summed E-state index contributed by atoms with van der Waals surface area (Å²) in [6.07, 6.45) is 1.31. The quantitative estimate of drug-likeness (QED) is 0.410. The van der Waals surface area contributed by atoms with Crippen LogP contribution in [-0.4, -0.2) is 18.1 Å². The number of phenolic OH excluding ortho intramolecular Hbond substituents is 1. The highest BCUT2D eigenvalue weighted by Gasteiger charge is 2.13. The van der Waals surface area contributed by atoms with Crippen molar-refractivity contribution in [3.63, 3.8) is 0 Å². The normalized spacial score (nSPS) is 11.0. The molecule has 6 nitrogen and oxygen atoms in total. The second kappa shape index (κ2) is 8.55. The topological polar surface area (TPSA) is 94.4 Å². The Morgan fingerprint density at radius 2 is 1.90 bits per heavy atom. The molecule has 0 radical (unpaired) electrons. The molecule has 3 N–H and O–H groups in total. The van der Waals surface area contributed by atoms with Gasteiger partial charge >= 0.3 is 0 Å². The first-order valence-electron chi connectivity index (χ1n) is 8.67. The van der Waals surface area contributed by atoms with E-state index < -0.39 is 5.91 Å². The average Bonchev–Trinajstić information content (AvgIpc) is 2.71. The van der Waals surface area contributed by atoms with Crippen LogP contribution in [0.1, 0.15) is 5.56 Å². The highest BCUT2D eigenvalue weighted by atomic mass is 35.5. The van der Waals surface area contributed by atoms with Crippen molar-refractivity contribution in [1.82, 2.24) is 0 Å². The Bertz CT molecular complexity index is 1170. The molecule has 0 aromatic heterocycles. The number of aromatic hydroxyl groups is 1. The van der Waals surface area contributed by atoms with Gasteiger partial charge in [0.25, 0.3) is 5.91 Å². The fourth-order valence-electron chi connectivity index (χ4n) is 2.84. The van der Waals surface area contributed by atoms with Gasteiger partial charge in [0.15, 0.2) is 0 Å². The lowest BCUT2D eigenvalue weighted by Gasteiger charge is -2.12. The molecule has 0 saturated heterocycles. The molecule has 0 spiro atoms. The first-order chi connectivity index (χ1) is 13.9. The smallest absolute Gasteiger partial charge is 0.267 e. The lowest BCUT2D eigenvalue weighted by atomic mass is 10.1. The van der Waals surface area contributed by atoms with E-state index in [1.165, 1.54) is 13.3 Å². The Balaban J connectivity index is 1.86. The Labute approximate surface area is 173 Å². The van der Waals surface area contributed by atoms with Crippen LogP contribution in [0, 0.1) is 18.3 Å². The molecular formula is C22H18ClN3O3. The predicted octanol–water partition coefficient (Wildman–Crippen LogP) is 4.97. The number of carbonyl (C=O) groups excluding carboxylic acids is 1. The molecule has 0 atom stereocenters. The van der Waals surface area contributed by atoms with Crippen molar-refractivity contribution in [2.45, 2.75) is 6.92 Å². The van der Waals surface area contributed by atoms with Gasteiger partial charge in [-0.2, -0.15) is 5.26 Å². The second-order valence-electron chi connectivity index (χ2n) is 6.25. The van der Waals surface area contributed by atoms with Crippen LogP contribution in [0.15, 0.2) is 60.3 Å². The first-order valence-corrected chi connectivity index (χ1v) is 9.05. The molecule has 29 heavy (non-hydrogen) atoms. The van der Waals surface area contributed by atoms with Gasteiger partial charge < -0.3 is 20.5 Å². The SMILES string of the molecule is COc1cc(Cl)c(C)cc1N/C=C(/C#N)C(=O)Nc1cccc2c(O)cccc12. The lowest BCUT2D eigenvalue weighted by Crippen LogP contribution is -2.15. The maximum atomic E-state index is 12.6. The van der Waals surface area contributed by atoms with Gasteiger partial charge in [0.05, 0.1) is 12.8 Å². The summed E-state index contributed by atoms with van der Waals surface area (Å²) in [6, 6.07) is 15.5. The zero-order valence-electron chi connectivity index (χ0n) is 15.8. The van der Waals surface area contributed by atoms with E-state index >= 15 is 0 Å². The fraction of sp³-hybridized carbons (Fsp3) is 0.0909. The maximum Gasteiger partial charge on any atom is 0.267 e. The number of carbonyl (C=O) groups is 1. The molecule has 0 aliphatic heterocycles. The van der Waals surface area contributed by atoms with E-state index in [-0.39, 0.29) is 11.3 Å². The van der Waals surface area contributed by atoms with Gasteiger partial charge in [-0.15, -0.1) is 0 Å². The van der Waals surface area contributed by atoms with Crippen molar-refractivity contribution in [3.8, 4) is 17.6 Å². The highest BCUT2D eigenvalue weighted by molar-refractivity contribution is 6.31. The van der Waals surface area contributed by atoms with Gasteiger partial charge in [-0.3, -0.25) is 4.79 Å². The molecule has 0 aliphatic rings. The van der Waals surface area contributed by atoms with Gasteiger partial charge in [-0.05, 0) is 30.7 Å². The Kier molecular flexibility index (Phi) is 5.91. The summed E-state index contributed by atoms with van der Waals surface area (Å²) in [5.41, 5.74) is 1.76. The van der Waals surface area contributed by atoms with Crippen LogP contribution in [0.5, 0.6) is 11.5 Å². The second-order valence-corrected chi connectivity index (χ2v) is 6.65. The van der Waals surface area contributed by atoms with Gasteiger partial charge in [0, 0.05) is 33.7 Å². The van der Waals surface area contributed by atoms with Crippen molar-refractivity contribution in [3.05, 3.63) is 70.9 Å². The van der Waals surface area contributed by atoms with Crippen LogP contribution >= 0.6 is 11.6 Å². The number of rotatable bonds is 5. The molecule has 146 valence electrons. The number of anilines is 2. The zero-order valence-corrected chi connectivity index (χ0v) is 16.5. The van der Waals surface area contributed by atoms with Crippen molar-refractivity contribution < 1.29 is 14.6 Å². The Morgan fingerprint density at radius 3 is 2.62 bits per heavy atom. The number of aryl methyl sites for hydroxylation is 1. The number of amides is 1. The van der Waals surface area contributed by atoms with E-state index in [9.17, 15) is 15.2 Å². The van der Waals surface area contributed by atoms with E-state index in [1.807, 2.05) is 13.0 Å². The number of fused-ring (bicyclic) bond motifs is 1. The minimum absolute atomic E-state index is 0.113. The molecule has 0 heterocycles. The molecule has 0 saturated carbocycles. The van der Waals surface area contributed by atoms with E-state index in [2.05, 4.69) is 10.6 Å². The number of phenols is 1. The number of hydrogen-bond donors (Lipinski definition) is 3. The van der Waals surface area contributed by atoms with Crippen LogP contribution in [0.3, 0.4) is 0 Å². The number of nitriles is 1. The standard InChI is InChI=1S/C22H18ClN3O3/c1-13-9-19(21(29-2)10-17(13)23)25-12-14(11-24)22(28)26-18-7-3-6-16-15(18)5-4-8-20(16)27/h3-10,12,25,27H,1-2H3,(H,26,28)/b14-12-. The van der Waals surface area contributed by atoms with Crippen LogP contribution in [-0.2, 0) is 4.79 Å². The Hall–Kier alpha value is -3.69. The molecule has 7 heteroatoms. The number of nitrogens with zero attached hydrogens (tertiary/aromatic N) is 1. The molecule has 0 bridgehead atoms. The predicted molar refractivity (Wildman–Crippen MR) is 114 cm³/mol. The van der Waals surface area contributed by atoms with Crippen LogP contribution < -0.4 is 15.4 Å². The minimum Gasteiger partial charge on any atom is -0.507 e. The van der Waals surface area contributed by atoms with Crippen molar-refractivity contribution in [1.29, 1.82) is 5.26 Å². The van der Waals surface area contributed by atoms with Crippen molar-refractivity contribution in [2.24, 2.45) is 0 Å². The highest BCUT2D eigenvalue weighted by Crippen LogP contribution is 2.32. The van der Waals surface area contributed by atoms with E-state index in [1.54, 1.807) is 48.5 Å². The van der Waals surface area contributed by atoms with Gasteiger partial charge in [0.2, 0.25) is 0 Å². The summed E-state index contributed by atoms with van der Waals surface area (Å²) < 4.78 is 5.28. The molecular weight excluding hydrogens is 390 g/mol. The summed E-state index contributed by atoms with van der Waals surface area (Å²) in [5, 5.41) is 26.9. The zero-order chi connectivity index (χ0) is 21.0. The van der Waals surface area contributed by atoms with E-state index in [4.69, 9.17) is 16.3 Å². The van der Waals surface area contributed by atoms with E-state index in [0.29, 0.717) is 32.9 Å². The van der Waals surface area contributed by atoms with Gasteiger partial charge in [-0.25, -0.2) is 0 Å². The fourth-order valence-corrected chi connectivity index (χ4v) is 2.99. The number of methoxy groups -OCH3 is 1. The van der Waals surface area contributed by atoms with E-state index in [0.717, 1.165) is 5.56 Å². The molecule has 3 aromatic rings. The molecule has 1 amide bonds. The third kappa shape index (κ3) is 4.26. The lowest BCUT2D eigenvalue weighted by molar-refractivity contribution is -0.112. The number of benzene rings is 3. The molecule has 0 fully saturated rings.